The van der Waals surface area contributed by atoms with Crippen molar-refractivity contribution in [3.8, 4) is 0 Å². The average Bonchev–Trinajstić information content (AvgIpc) is 2.78. The van der Waals surface area contributed by atoms with Gasteiger partial charge in [0.05, 0.1) is 23.4 Å². The average molecular weight is 389 g/mol. The van der Waals surface area contributed by atoms with Crippen LogP contribution in [0.1, 0.15) is 24.0 Å². The van der Waals surface area contributed by atoms with Gasteiger partial charge in [-0.15, -0.1) is 0 Å². The highest BCUT2D eigenvalue weighted by Crippen LogP contribution is 2.23. The van der Waals surface area contributed by atoms with E-state index in [9.17, 15) is 21.6 Å². The minimum absolute atomic E-state index is 0.00797. The second kappa shape index (κ2) is 7.33. The lowest BCUT2D eigenvalue weighted by Gasteiger charge is -2.24. The standard InChI is InChI=1S/C16H24N2O5S2/c1-12-4-5-15(13(2)10-12)18(24(3,20)21)8-6-16(19)17-14-7-9-25(22,23)11-14/h4-5,10,14H,6-9,11H2,1-3H3,(H,17,19). The van der Waals surface area contributed by atoms with E-state index in [0.29, 0.717) is 12.1 Å². The second-order valence-corrected chi connectivity index (χ2v) is 10.7. The van der Waals surface area contributed by atoms with E-state index in [0.717, 1.165) is 17.4 Å². The zero-order chi connectivity index (χ0) is 18.8. The molecule has 0 saturated carbocycles. The molecule has 0 aromatic heterocycles. The SMILES string of the molecule is Cc1ccc(N(CCC(=O)NC2CCS(=O)(=O)C2)S(C)(=O)=O)c(C)c1. The van der Waals surface area contributed by atoms with Gasteiger partial charge in [0.15, 0.2) is 9.84 Å². The Labute approximate surface area is 149 Å². The van der Waals surface area contributed by atoms with Gasteiger partial charge >= 0.3 is 0 Å². The summed E-state index contributed by atoms with van der Waals surface area (Å²) in [6.45, 7) is 3.75. The number of nitrogens with one attached hydrogen (secondary N) is 1. The smallest absolute Gasteiger partial charge is 0.232 e. The molecule has 7 nitrogen and oxygen atoms in total. The first-order valence-corrected chi connectivity index (χ1v) is 11.7. The zero-order valence-corrected chi connectivity index (χ0v) is 16.3. The number of anilines is 1. The Morgan fingerprint density at radius 3 is 2.52 bits per heavy atom. The maximum atomic E-state index is 12.1. The van der Waals surface area contributed by atoms with Crippen LogP contribution < -0.4 is 9.62 Å². The largest absolute Gasteiger partial charge is 0.352 e. The molecule has 0 spiro atoms. The van der Waals surface area contributed by atoms with E-state index in [-0.39, 0.29) is 36.4 Å². The highest BCUT2D eigenvalue weighted by Gasteiger charge is 2.29. The third kappa shape index (κ3) is 5.43. The van der Waals surface area contributed by atoms with E-state index in [4.69, 9.17) is 0 Å². The molecule has 1 amide bonds. The molecular formula is C16H24N2O5S2. The van der Waals surface area contributed by atoms with E-state index in [2.05, 4.69) is 5.32 Å². The number of carbonyl (C=O) groups excluding carboxylic acids is 1. The summed E-state index contributed by atoms with van der Waals surface area (Å²) in [6.07, 6.45) is 1.48. The van der Waals surface area contributed by atoms with Crippen LogP contribution >= 0.6 is 0 Å². The molecule has 140 valence electrons. The van der Waals surface area contributed by atoms with Crippen molar-refractivity contribution in [1.29, 1.82) is 0 Å². The number of amides is 1. The number of nitrogens with zero attached hydrogens (tertiary/aromatic N) is 1. The van der Waals surface area contributed by atoms with E-state index in [1.165, 1.54) is 4.31 Å². The Morgan fingerprint density at radius 2 is 2.00 bits per heavy atom. The predicted molar refractivity (Wildman–Crippen MR) is 97.9 cm³/mol. The quantitative estimate of drug-likeness (QED) is 0.775. The Morgan fingerprint density at radius 1 is 1.32 bits per heavy atom. The Kier molecular flexibility index (Phi) is 5.78. The molecule has 25 heavy (non-hydrogen) atoms. The van der Waals surface area contributed by atoms with E-state index < -0.39 is 19.9 Å². The lowest BCUT2D eigenvalue weighted by atomic mass is 10.1. The highest BCUT2D eigenvalue weighted by molar-refractivity contribution is 7.92. The summed E-state index contributed by atoms with van der Waals surface area (Å²) in [4.78, 5) is 12.1. The van der Waals surface area contributed by atoms with Gasteiger partial charge in [-0.05, 0) is 31.9 Å². The zero-order valence-electron chi connectivity index (χ0n) is 14.6. The monoisotopic (exact) mass is 388 g/mol. The predicted octanol–water partition coefficient (Wildman–Crippen LogP) is 0.763. The maximum absolute atomic E-state index is 12.1. The molecule has 0 bridgehead atoms. The maximum Gasteiger partial charge on any atom is 0.232 e. The number of aryl methyl sites for hydroxylation is 2. The molecule has 0 aliphatic carbocycles. The fourth-order valence-corrected chi connectivity index (χ4v) is 5.62. The highest BCUT2D eigenvalue weighted by atomic mass is 32.2. The third-order valence-electron chi connectivity index (χ3n) is 4.16. The van der Waals surface area contributed by atoms with Crippen molar-refractivity contribution in [3.63, 3.8) is 0 Å². The Hall–Kier alpha value is -1.61. The summed E-state index contributed by atoms with van der Waals surface area (Å²) >= 11 is 0. The second-order valence-electron chi connectivity index (χ2n) is 6.54. The van der Waals surface area contributed by atoms with Crippen LogP contribution in [0, 0.1) is 13.8 Å². The van der Waals surface area contributed by atoms with Gasteiger partial charge < -0.3 is 5.32 Å². The Balaban J connectivity index is 2.05. The molecule has 1 atom stereocenters. The molecule has 0 radical (unpaired) electrons. The number of hydrogen-bond acceptors (Lipinski definition) is 5. The number of benzene rings is 1. The van der Waals surface area contributed by atoms with Crippen molar-refractivity contribution < 1.29 is 21.6 Å². The number of carbonyl (C=O) groups is 1. The lowest BCUT2D eigenvalue weighted by molar-refractivity contribution is -0.121. The van der Waals surface area contributed by atoms with Crippen LogP contribution in [0.3, 0.4) is 0 Å². The van der Waals surface area contributed by atoms with E-state index in [1.54, 1.807) is 6.07 Å². The molecule has 1 fully saturated rings. The number of rotatable bonds is 6. The van der Waals surface area contributed by atoms with Crippen molar-refractivity contribution in [2.24, 2.45) is 0 Å². The van der Waals surface area contributed by atoms with Gasteiger partial charge in [-0.1, -0.05) is 17.7 Å². The van der Waals surface area contributed by atoms with Gasteiger partial charge in [0.2, 0.25) is 15.9 Å². The van der Waals surface area contributed by atoms with Crippen LogP contribution in [0.15, 0.2) is 18.2 Å². The number of hydrogen-bond donors (Lipinski definition) is 1. The van der Waals surface area contributed by atoms with Crippen molar-refractivity contribution in [2.75, 3.05) is 28.6 Å². The van der Waals surface area contributed by atoms with Crippen LogP contribution in [0.5, 0.6) is 0 Å². The molecule has 1 aromatic carbocycles. The fourth-order valence-electron chi connectivity index (χ4n) is 2.96. The summed E-state index contributed by atoms with van der Waals surface area (Å²) in [7, 11) is -6.61. The van der Waals surface area contributed by atoms with Gasteiger partial charge in [0.25, 0.3) is 0 Å². The van der Waals surface area contributed by atoms with Gasteiger partial charge in [-0.25, -0.2) is 16.8 Å². The molecule has 1 unspecified atom stereocenters. The molecule has 1 aliphatic heterocycles. The van der Waals surface area contributed by atoms with Crippen molar-refractivity contribution in [2.45, 2.75) is 32.7 Å². The first-order chi connectivity index (χ1) is 11.5. The van der Waals surface area contributed by atoms with Crippen molar-refractivity contribution in [1.82, 2.24) is 5.32 Å². The fraction of sp³-hybridized carbons (Fsp3) is 0.562. The van der Waals surface area contributed by atoms with Crippen LogP contribution in [-0.4, -0.2) is 53.1 Å². The minimum Gasteiger partial charge on any atom is -0.352 e. The molecular weight excluding hydrogens is 364 g/mol. The molecule has 2 rings (SSSR count). The minimum atomic E-state index is -3.54. The molecule has 1 aliphatic rings. The first-order valence-electron chi connectivity index (χ1n) is 8.03. The normalized spacial score (nSPS) is 19.6. The lowest BCUT2D eigenvalue weighted by Crippen LogP contribution is -2.39. The summed E-state index contributed by atoms with van der Waals surface area (Å²) in [5, 5.41) is 2.68. The van der Waals surface area contributed by atoms with E-state index >= 15 is 0 Å². The molecule has 1 aromatic rings. The molecule has 1 saturated heterocycles. The van der Waals surface area contributed by atoms with Crippen LogP contribution in [0.25, 0.3) is 0 Å². The van der Waals surface area contributed by atoms with Crippen LogP contribution in [0.4, 0.5) is 5.69 Å². The van der Waals surface area contributed by atoms with Crippen LogP contribution in [0.2, 0.25) is 0 Å². The summed E-state index contributed by atoms with van der Waals surface area (Å²) in [5.74, 6) is -0.317. The summed E-state index contributed by atoms with van der Waals surface area (Å²) in [5.41, 5.74) is 2.38. The first kappa shape index (κ1) is 19.7. The Bertz CT molecular complexity index is 863. The van der Waals surface area contributed by atoms with E-state index in [1.807, 2.05) is 26.0 Å². The summed E-state index contributed by atoms with van der Waals surface area (Å²) in [6, 6.07) is 5.05. The number of sulfonamides is 1. The van der Waals surface area contributed by atoms with Crippen molar-refractivity contribution >= 4 is 31.5 Å². The third-order valence-corrected chi connectivity index (χ3v) is 7.11. The molecule has 9 heteroatoms. The number of sulfone groups is 1. The van der Waals surface area contributed by atoms with Gasteiger partial charge in [0.1, 0.15) is 0 Å². The van der Waals surface area contributed by atoms with Gasteiger partial charge in [0, 0.05) is 19.0 Å². The summed E-state index contributed by atoms with van der Waals surface area (Å²) < 4.78 is 48.3. The van der Waals surface area contributed by atoms with Crippen molar-refractivity contribution in [3.05, 3.63) is 29.3 Å². The van der Waals surface area contributed by atoms with Gasteiger partial charge in [-0.2, -0.15) is 0 Å². The van der Waals surface area contributed by atoms with Crippen LogP contribution in [-0.2, 0) is 24.7 Å². The topological polar surface area (TPSA) is 101 Å². The molecule has 1 N–H and O–H groups in total. The van der Waals surface area contributed by atoms with Gasteiger partial charge in [-0.3, -0.25) is 9.10 Å². The molecule has 1 heterocycles.